The molecule has 3 aromatic rings. The van der Waals surface area contributed by atoms with Gasteiger partial charge in [-0.1, -0.05) is 82.3 Å². The summed E-state index contributed by atoms with van der Waals surface area (Å²) < 4.78 is 5.35. The molecule has 8 heteroatoms. The number of aliphatic hydroxyl groups excluding tert-OH is 1. The van der Waals surface area contributed by atoms with E-state index >= 15 is 0 Å². The molecular weight excluding hydrogens is 622 g/mol. The van der Waals surface area contributed by atoms with Gasteiger partial charge in [0.15, 0.2) is 0 Å². The van der Waals surface area contributed by atoms with Gasteiger partial charge in [-0.05, 0) is 91.1 Å². The van der Waals surface area contributed by atoms with E-state index < -0.39 is 12.1 Å². The molecule has 1 aliphatic rings. The standard InChI is InChI=1S/C40H55N3O4.ClH/c1-5-18-43(19-6-2)40(46)35-21-29(3)20-34(26-35)39(45)42-37(38(44)28-41-27-33-16-11-17-36(24-33)47-4)25-32-15-10-14-31(23-32)22-30-12-8-7-9-13-30;/h10-11,14-17,20-21,23-24,26,30,37-38,41,44H,5-9,12-13,18-19,22,25,27-28H2,1-4H3,(H,42,45);1H/t37-,38+;/m0./s1. The van der Waals surface area contributed by atoms with Crippen LogP contribution in [0.15, 0.2) is 66.7 Å². The molecule has 1 aliphatic carbocycles. The second kappa shape index (κ2) is 20.2. The molecule has 0 aromatic heterocycles. The predicted molar refractivity (Wildman–Crippen MR) is 197 cm³/mol. The monoisotopic (exact) mass is 677 g/mol. The van der Waals surface area contributed by atoms with Crippen LogP contribution in [0.4, 0.5) is 0 Å². The SMILES string of the molecule is CCCN(CCC)C(=O)c1cc(C)cc(C(=O)N[C@@H](Cc2cccc(CC3CCCCC3)c2)[C@H](O)CNCc2cccc(OC)c2)c1.Cl. The van der Waals surface area contributed by atoms with Crippen molar-refractivity contribution in [3.8, 4) is 5.75 Å². The van der Waals surface area contributed by atoms with Gasteiger partial charge in [0.2, 0.25) is 0 Å². The van der Waals surface area contributed by atoms with Gasteiger partial charge in [0.25, 0.3) is 11.8 Å². The fraction of sp³-hybridized carbons (Fsp3) is 0.500. The van der Waals surface area contributed by atoms with E-state index in [-0.39, 0.29) is 24.2 Å². The molecule has 1 fully saturated rings. The fourth-order valence-electron chi connectivity index (χ4n) is 6.76. The highest BCUT2D eigenvalue weighted by Crippen LogP contribution is 2.27. The Labute approximate surface area is 294 Å². The van der Waals surface area contributed by atoms with Crippen LogP contribution in [0.3, 0.4) is 0 Å². The van der Waals surface area contributed by atoms with Crippen LogP contribution in [0.2, 0.25) is 0 Å². The van der Waals surface area contributed by atoms with Crippen LogP contribution in [0.1, 0.15) is 102 Å². The van der Waals surface area contributed by atoms with Crippen LogP contribution in [-0.4, -0.2) is 60.7 Å². The summed E-state index contributed by atoms with van der Waals surface area (Å²) in [4.78, 5) is 29.1. The maximum absolute atomic E-state index is 13.8. The number of methoxy groups -OCH3 is 1. The molecule has 3 N–H and O–H groups in total. The number of aliphatic hydroxyl groups is 1. The second-order valence-electron chi connectivity index (χ2n) is 13.2. The van der Waals surface area contributed by atoms with Gasteiger partial charge in [-0.15, -0.1) is 12.4 Å². The summed E-state index contributed by atoms with van der Waals surface area (Å²) in [7, 11) is 1.65. The van der Waals surface area contributed by atoms with Crippen LogP contribution < -0.4 is 15.4 Å². The highest BCUT2D eigenvalue weighted by atomic mass is 35.5. The van der Waals surface area contributed by atoms with Gasteiger partial charge < -0.3 is 25.4 Å². The van der Waals surface area contributed by atoms with E-state index in [0.29, 0.717) is 43.7 Å². The van der Waals surface area contributed by atoms with Crippen molar-refractivity contribution in [2.24, 2.45) is 5.92 Å². The minimum atomic E-state index is -0.845. The van der Waals surface area contributed by atoms with Gasteiger partial charge in [0.05, 0.1) is 19.3 Å². The van der Waals surface area contributed by atoms with Crippen LogP contribution >= 0.6 is 12.4 Å². The summed E-state index contributed by atoms with van der Waals surface area (Å²) in [6.07, 6.45) is 9.01. The van der Waals surface area contributed by atoms with Crippen molar-refractivity contribution >= 4 is 24.2 Å². The van der Waals surface area contributed by atoms with Crippen molar-refractivity contribution < 1.29 is 19.4 Å². The number of halogens is 1. The lowest BCUT2D eigenvalue weighted by Crippen LogP contribution is -2.48. The number of ether oxygens (including phenoxy) is 1. The summed E-state index contributed by atoms with van der Waals surface area (Å²) in [5.74, 6) is 1.16. The third-order valence-electron chi connectivity index (χ3n) is 9.15. The Morgan fingerprint density at radius 1 is 0.896 bits per heavy atom. The molecule has 48 heavy (non-hydrogen) atoms. The minimum absolute atomic E-state index is 0. The van der Waals surface area contributed by atoms with Gasteiger partial charge in [-0.25, -0.2) is 0 Å². The molecule has 0 unspecified atom stereocenters. The van der Waals surface area contributed by atoms with Crippen molar-refractivity contribution in [3.05, 3.63) is 100 Å². The predicted octanol–water partition coefficient (Wildman–Crippen LogP) is 7.30. The smallest absolute Gasteiger partial charge is 0.253 e. The Hall–Kier alpha value is -3.39. The zero-order valence-corrected chi connectivity index (χ0v) is 30.1. The first-order valence-corrected chi connectivity index (χ1v) is 17.6. The third-order valence-corrected chi connectivity index (χ3v) is 9.15. The van der Waals surface area contributed by atoms with Crippen LogP contribution in [-0.2, 0) is 19.4 Å². The van der Waals surface area contributed by atoms with Gasteiger partial charge in [0.1, 0.15) is 5.75 Å². The first kappa shape index (κ1) is 39.1. The second-order valence-corrected chi connectivity index (χ2v) is 13.2. The van der Waals surface area contributed by atoms with E-state index in [1.54, 1.807) is 13.2 Å². The number of aryl methyl sites for hydroxylation is 1. The number of carbonyl (C=O) groups is 2. The Morgan fingerprint density at radius 3 is 2.27 bits per heavy atom. The Balaban J connectivity index is 0.00000625. The molecule has 262 valence electrons. The summed E-state index contributed by atoms with van der Waals surface area (Å²) >= 11 is 0. The first-order chi connectivity index (χ1) is 22.8. The molecule has 0 bridgehead atoms. The molecule has 0 aliphatic heterocycles. The van der Waals surface area contributed by atoms with Crippen molar-refractivity contribution in [2.75, 3.05) is 26.7 Å². The average molecular weight is 678 g/mol. The van der Waals surface area contributed by atoms with E-state index in [9.17, 15) is 14.7 Å². The summed E-state index contributed by atoms with van der Waals surface area (Å²) in [5, 5.41) is 18.0. The zero-order valence-electron chi connectivity index (χ0n) is 29.3. The summed E-state index contributed by atoms with van der Waals surface area (Å²) in [5.41, 5.74) is 5.24. The molecule has 0 saturated heterocycles. The normalized spacial score (nSPS) is 14.4. The van der Waals surface area contributed by atoms with E-state index in [2.05, 4.69) is 48.7 Å². The number of nitrogens with zero attached hydrogens (tertiary/aromatic N) is 1. The average Bonchev–Trinajstić information content (AvgIpc) is 3.08. The molecule has 2 atom stereocenters. The minimum Gasteiger partial charge on any atom is -0.497 e. The van der Waals surface area contributed by atoms with Crippen LogP contribution in [0.5, 0.6) is 5.75 Å². The highest BCUT2D eigenvalue weighted by molar-refractivity contribution is 6.00. The number of hydrogen-bond donors (Lipinski definition) is 3. The third kappa shape index (κ3) is 11.9. The highest BCUT2D eigenvalue weighted by Gasteiger charge is 2.24. The van der Waals surface area contributed by atoms with Crippen LogP contribution in [0.25, 0.3) is 0 Å². The number of carbonyl (C=O) groups excluding carboxylic acids is 2. The van der Waals surface area contributed by atoms with E-state index in [1.165, 1.54) is 37.7 Å². The number of hydrogen-bond acceptors (Lipinski definition) is 5. The number of amides is 2. The van der Waals surface area contributed by atoms with Gasteiger partial charge in [-0.2, -0.15) is 0 Å². The summed E-state index contributed by atoms with van der Waals surface area (Å²) in [6.45, 7) is 8.25. The largest absolute Gasteiger partial charge is 0.497 e. The fourth-order valence-corrected chi connectivity index (χ4v) is 6.76. The number of nitrogens with one attached hydrogen (secondary N) is 2. The van der Waals surface area contributed by atoms with Crippen molar-refractivity contribution in [1.29, 1.82) is 0 Å². The molecular formula is C40H56ClN3O4. The first-order valence-electron chi connectivity index (χ1n) is 17.6. The quantitative estimate of drug-likeness (QED) is 0.140. The molecule has 0 spiro atoms. The Morgan fingerprint density at radius 2 is 1.56 bits per heavy atom. The number of rotatable bonds is 17. The Kier molecular flexibility index (Phi) is 16.4. The van der Waals surface area contributed by atoms with E-state index in [4.69, 9.17) is 4.74 Å². The van der Waals surface area contributed by atoms with Gasteiger partial charge >= 0.3 is 0 Å². The lowest BCUT2D eigenvalue weighted by Gasteiger charge is -2.26. The maximum atomic E-state index is 13.8. The van der Waals surface area contributed by atoms with Crippen molar-refractivity contribution in [2.45, 2.75) is 97.2 Å². The van der Waals surface area contributed by atoms with E-state index in [0.717, 1.165) is 47.6 Å². The van der Waals surface area contributed by atoms with Crippen molar-refractivity contribution in [1.82, 2.24) is 15.5 Å². The van der Waals surface area contributed by atoms with E-state index in [1.807, 2.05) is 48.2 Å². The summed E-state index contributed by atoms with van der Waals surface area (Å²) in [6, 6.07) is 21.3. The van der Waals surface area contributed by atoms with Crippen molar-refractivity contribution in [3.63, 3.8) is 0 Å². The zero-order chi connectivity index (χ0) is 33.6. The number of benzene rings is 3. The lowest BCUT2D eigenvalue weighted by molar-refractivity contribution is 0.0755. The molecule has 3 aromatic carbocycles. The molecule has 2 amide bonds. The maximum Gasteiger partial charge on any atom is 0.253 e. The van der Waals surface area contributed by atoms with Gasteiger partial charge in [-0.3, -0.25) is 9.59 Å². The molecule has 0 heterocycles. The topological polar surface area (TPSA) is 90.9 Å². The van der Waals surface area contributed by atoms with Crippen LogP contribution in [0, 0.1) is 12.8 Å². The van der Waals surface area contributed by atoms with Gasteiger partial charge in [0, 0.05) is 37.3 Å². The molecule has 1 saturated carbocycles. The Bertz CT molecular complexity index is 1440. The molecule has 7 nitrogen and oxygen atoms in total. The molecule has 4 rings (SSSR count). The lowest BCUT2D eigenvalue weighted by atomic mass is 9.84. The molecule has 0 radical (unpaired) electrons.